The molecule has 3 rings (SSSR count). The van der Waals surface area contributed by atoms with Crippen molar-refractivity contribution in [2.45, 2.75) is 19.1 Å². The molecule has 0 fully saturated rings. The van der Waals surface area contributed by atoms with Crippen molar-refractivity contribution in [1.29, 1.82) is 0 Å². The van der Waals surface area contributed by atoms with Crippen LogP contribution in [0.25, 0.3) is 11.1 Å². The van der Waals surface area contributed by atoms with Crippen molar-refractivity contribution in [2.24, 2.45) is 0 Å². The van der Waals surface area contributed by atoms with Crippen molar-refractivity contribution < 1.29 is 22.4 Å². The van der Waals surface area contributed by atoms with Crippen molar-refractivity contribution in [3.8, 4) is 11.1 Å². The highest BCUT2D eigenvalue weighted by Crippen LogP contribution is 2.34. The van der Waals surface area contributed by atoms with Crippen molar-refractivity contribution in [1.82, 2.24) is 15.3 Å². The minimum absolute atomic E-state index is 0.0264. The molecule has 1 aromatic carbocycles. The molecule has 0 unspecified atom stereocenters. The number of nitrogen functional groups attached to an aromatic ring is 1. The van der Waals surface area contributed by atoms with E-state index in [9.17, 15) is 22.4 Å². The first-order valence-corrected chi connectivity index (χ1v) is 8.51. The predicted octanol–water partition coefficient (Wildman–Crippen LogP) is 4.37. The van der Waals surface area contributed by atoms with Gasteiger partial charge in [-0.15, -0.1) is 0 Å². The number of nitrogens with two attached hydrogens (primary N) is 1. The summed E-state index contributed by atoms with van der Waals surface area (Å²) in [4.78, 5) is 20.5. The Labute approximate surface area is 163 Å². The molecule has 0 spiro atoms. The molecule has 0 saturated heterocycles. The summed E-state index contributed by atoms with van der Waals surface area (Å²) in [6.45, 7) is 1.38. The SMILES string of the molecule is C[C@@H](NC(=O)c1cc(-c2ccncc2)cnc1N)c1cccc(C(F)(F)F)c1F. The van der Waals surface area contributed by atoms with Gasteiger partial charge in [0.15, 0.2) is 0 Å². The van der Waals surface area contributed by atoms with Gasteiger partial charge in [0.1, 0.15) is 11.6 Å². The van der Waals surface area contributed by atoms with Crippen LogP contribution >= 0.6 is 0 Å². The number of benzene rings is 1. The molecular weight excluding hydrogens is 388 g/mol. The van der Waals surface area contributed by atoms with Crippen LogP contribution in [-0.2, 0) is 6.18 Å². The Morgan fingerprint density at radius 2 is 1.83 bits per heavy atom. The van der Waals surface area contributed by atoms with Gasteiger partial charge < -0.3 is 11.1 Å². The molecule has 9 heteroatoms. The maximum atomic E-state index is 14.3. The Hall–Kier alpha value is -3.49. The number of anilines is 1. The van der Waals surface area contributed by atoms with Crippen molar-refractivity contribution in [3.05, 3.63) is 77.5 Å². The zero-order valence-electron chi connectivity index (χ0n) is 15.2. The van der Waals surface area contributed by atoms with E-state index < -0.39 is 29.5 Å². The standard InChI is InChI=1S/C20H16F4N4O/c1-11(14-3-2-4-16(17(14)21)20(22,23)24)28-19(29)15-9-13(10-27-18(15)25)12-5-7-26-8-6-12/h2-11H,1H3,(H2,25,27)(H,28,29)/t11-/m1/s1. The first-order chi connectivity index (χ1) is 13.7. The molecule has 0 aliphatic carbocycles. The highest BCUT2D eigenvalue weighted by atomic mass is 19.4. The number of halogens is 4. The number of carbonyl (C=O) groups is 1. The molecule has 0 bridgehead atoms. The fourth-order valence-corrected chi connectivity index (χ4v) is 2.81. The minimum atomic E-state index is -4.84. The molecule has 0 saturated carbocycles. The van der Waals surface area contributed by atoms with Crippen LogP contribution < -0.4 is 11.1 Å². The normalized spacial score (nSPS) is 12.4. The van der Waals surface area contributed by atoms with Gasteiger partial charge in [0.25, 0.3) is 5.91 Å². The second kappa shape index (κ2) is 7.86. The van der Waals surface area contributed by atoms with E-state index in [0.29, 0.717) is 11.6 Å². The molecule has 2 heterocycles. The highest BCUT2D eigenvalue weighted by Gasteiger charge is 2.35. The summed E-state index contributed by atoms with van der Waals surface area (Å²) in [5.74, 6) is -2.17. The van der Waals surface area contributed by atoms with Gasteiger partial charge in [-0.1, -0.05) is 12.1 Å². The first kappa shape index (κ1) is 20.2. The predicted molar refractivity (Wildman–Crippen MR) is 99.2 cm³/mol. The highest BCUT2D eigenvalue weighted by molar-refractivity contribution is 5.99. The van der Waals surface area contributed by atoms with E-state index in [-0.39, 0.29) is 16.9 Å². The molecule has 3 aromatic rings. The van der Waals surface area contributed by atoms with Gasteiger partial charge in [0.2, 0.25) is 0 Å². The number of pyridine rings is 2. The molecule has 0 radical (unpaired) electrons. The van der Waals surface area contributed by atoms with E-state index in [1.54, 1.807) is 24.5 Å². The summed E-state index contributed by atoms with van der Waals surface area (Å²) >= 11 is 0. The smallest absolute Gasteiger partial charge is 0.383 e. The lowest BCUT2D eigenvalue weighted by atomic mass is 10.0. The first-order valence-electron chi connectivity index (χ1n) is 8.51. The third-order valence-corrected chi connectivity index (χ3v) is 4.32. The van der Waals surface area contributed by atoms with Crippen molar-refractivity contribution in [2.75, 3.05) is 5.73 Å². The number of amides is 1. The summed E-state index contributed by atoms with van der Waals surface area (Å²) in [5, 5.41) is 2.47. The van der Waals surface area contributed by atoms with Gasteiger partial charge in [0.05, 0.1) is 17.2 Å². The number of carbonyl (C=O) groups excluding carboxylic acids is 1. The minimum Gasteiger partial charge on any atom is -0.383 e. The Morgan fingerprint density at radius 1 is 1.14 bits per heavy atom. The molecule has 0 aliphatic heterocycles. The Balaban J connectivity index is 1.88. The van der Waals surface area contributed by atoms with Gasteiger partial charge in [-0.25, -0.2) is 9.37 Å². The molecular formula is C20H16F4N4O. The molecule has 5 nitrogen and oxygen atoms in total. The molecule has 1 atom stereocenters. The summed E-state index contributed by atoms with van der Waals surface area (Å²) in [5.41, 5.74) is 5.48. The van der Waals surface area contributed by atoms with Gasteiger partial charge in [-0.2, -0.15) is 13.2 Å². The summed E-state index contributed by atoms with van der Waals surface area (Å²) in [7, 11) is 0. The fraction of sp³-hybridized carbons (Fsp3) is 0.150. The number of nitrogens with zero attached hydrogens (tertiary/aromatic N) is 2. The monoisotopic (exact) mass is 404 g/mol. The third-order valence-electron chi connectivity index (χ3n) is 4.32. The van der Waals surface area contributed by atoms with Crippen LogP contribution in [0.1, 0.15) is 34.5 Å². The molecule has 0 aliphatic rings. The van der Waals surface area contributed by atoms with Gasteiger partial charge in [-0.3, -0.25) is 9.78 Å². The Morgan fingerprint density at radius 3 is 2.48 bits per heavy atom. The van der Waals surface area contributed by atoms with Gasteiger partial charge >= 0.3 is 6.18 Å². The average molecular weight is 404 g/mol. The molecule has 2 aromatic heterocycles. The zero-order valence-corrected chi connectivity index (χ0v) is 15.2. The van der Waals surface area contributed by atoms with E-state index in [4.69, 9.17) is 5.73 Å². The Kier molecular flexibility index (Phi) is 5.49. The second-order valence-corrected chi connectivity index (χ2v) is 6.29. The number of hydrogen-bond donors (Lipinski definition) is 2. The van der Waals surface area contributed by atoms with Crippen LogP contribution in [0.15, 0.2) is 55.0 Å². The zero-order chi connectivity index (χ0) is 21.2. The topological polar surface area (TPSA) is 80.9 Å². The van der Waals surface area contributed by atoms with E-state index in [0.717, 1.165) is 11.6 Å². The maximum Gasteiger partial charge on any atom is 0.419 e. The van der Waals surface area contributed by atoms with E-state index in [1.165, 1.54) is 25.3 Å². The quantitative estimate of drug-likeness (QED) is 0.633. The van der Waals surface area contributed by atoms with Crippen molar-refractivity contribution >= 4 is 11.7 Å². The summed E-state index contributed by atoms with van der Waals surface area (Å²) in [6, 6.07) is 6.82. The van der Waals surface area contributed by atoms with Crippen LogP contribution in [0.5, 0.6) is 0 Å². The lowest BCUT2D eigenvalue weighted by Crippen LogP contribution is -2.28. The van der Waals surface area contributed by atoms with Crippen LogP contribution in [0.2, 0.25) is 0 Å². The molecule has 3 N–H and O–H groups in total. The molecule has 29 heavy (non-hydrogen) atoms. The summed E-state index contributed by atoms with van der Waals surface area (Å²) < 4.78 is 53.1. The number of hydrogen-bond acceptors (Lipinski definition) is 4. The number of nitrogens with one attached hydrogen (secondary N) is 1. The summed E-state index contributed by atoms with van der Waals surface area (Å²) in [6.07, 6.45) is -0.206. The largest absolute Gasteiger partial charge is 0.419 e. The van der Waals surface area contributed by atoms with Crippen LogP contribution in [0.4, 0.5) is 23.4 Å². The number of aromatic nitrogens is 2. The van der Waals surface area contributed by atoms with Gasteiger partial charge in [0, 0.05) is 29.7 Å². The van der Waals surface area contributed by atoms with Crippen LogP contribution in [0.3, 0.4) is 0 Å². The van der Waals surface area contributed by atoms with E-state index in [2.05, 4.69) is 15.3 Å². The van der Waals surface area contributed by atoms with E-state index >= 15 is 0 Å². The van der Waals surface area contributed by atoms with E-state index in [1.807, 2.05) is 0 Å². The molecule has 150 valence electrons. The Bertz CT molecular complexity index is 1040. The lowest BCUT2D eigenvalue weighted by molar-refractivity contribution is -0.140. The van der Waals surface area contributed by atoms with Gasteiger partial charge in [-0.05, 0) is 36.8 Å². The lowest BCUT2D eigenvalue weighted by Gasteiger charge is -2.18. The molecule has 1 amide bonds. The number of rotatable bonds is 4. The van der Waals surface area contributed by atoms with Crippen LogP contribution in [0, 0.1) is 5.82 Å². The third kappa shape index (κ3) is 4.34. The average Bonchev–Trinajstić information content (AvgIpc) is 2.68. The van der Waals surface area contributed by atoms with Crippen molar-refractivity contribution in [3.63, 3.8) is 0 Å². The second-order valence-electron chi connectivity index (χ2n) is 6.29. The van der Waals surface area contributed by atoms with Crippen LogP contribution in [-0.4, -0.2) is 15.9 Å². The number of alkyl halides is 3. The maximum absolute atomic E-state index is 14.3. The fourth-order valence-electron chi connectivity index (χ4n) is 2.81.